The van der Waals surface area contributed by atoms with Crippen LogP contribution in [0.3, 0.4) is 0 Å². The molecule has 0 radical (unpaired) electrons. The van der Waals surface area contributed by atoms with Crippen LogP contribution in [-0.2, 0) is 9.53 Å². The lowest BCUT2D eigenvalue weighted by Crippen LogP contribution is -2.49. The zero-order valence-electron chi connectivity index (χ0n) is 19.6. The summed E-state index contributed by atoms with van der Waals surface area (Å²) in [5.41, 5.74) is 3.64. The highest BCUT2D eigenvalue weighted by Gasteiger charge is 2.25. The number of carbonyl (C=O) groups is 1. The average Bonchev–Trinajstić information content (AvgIpc) is 2.87. The Hall–Kier alpha value is -2.98. The average molecular weight is 480 g/mol. The largest absolute Gasteiger partial charge is 0.378 e. The van der Waals surface area contributed by atoms with Gasteiger partial charge in [-0.2, -0.15) is 0 Å². The predicted octanol–water partition coefficient (Wildman–Crippen LogP) is 2.31. The summed E-state index contributed by atoms with van der Waals surface area (Å²) < 4.78 is 5.51. The minimum Gasteiger partial charge on any atom is -0.378 e. The van der Waals surface area contributed by atoms with E-state index in [-0.39, 0.29) is 5.91 Å². The number of ether oxygens (including phenoxy) is 1. The first-order valence-electron chi connectivity index (χ1n) is 11.6. The van der Waals surface area contributed by atoms with Gasteiger partial charge in [-0.25, -0.2) is 19.9 Å². The summed E-state index contributed by atoms with van der Waals surface area (Å²) in [6.07, 6.45) is 0. The van der Waals surface area contributed by atoms with Crippen molar-refractivity contribution in [1.29, 1.82) is 0 Å². The number of carbonyl (C=O) groups excluding carboxylic acids is 1. The number of thioether (sulfide) groups is 1. The van der Waals surface area contributed by atoms with Crippen molar-refractivity contribution in [1.82, 2.24) is 24.8 Å². The fourth-order valence-electron chi connectivity index (χ4n) is 4.28. The Morgan fingerprint density at radius 1 is 0.882 bits per heavy atom. The molecule has 178 valence electrons. The fraction of sp³-hybridized carbons (Fsp3) is 0.458. The van der Waals surface area contributed by atoms with Crippen molar-refractivity contribution in [3.8, 4) is 0 Å². The number of hydrogen-bond donors (Lipinski definition) is 0. The molecule has 5 rings (SSSR count). The Morgan fingerprint density at radius 3 is 2.21 bits per heavy atom. The van der Waals surface area contributed by atoms with E-state index in [0.29, 0.717) is 32.1 Å². The maximum absolute atomic E-state index is 13.0. The molecule has 0 bridgehead atoms. The van der Waals surface area contributed by atoms with Gasteiger partial charge in [0, 0.05) is 50.7 Å². The number of hydrogen-bond acceptors (Lipinski definition) is 9. The summed E-state index contributed by atoms with van der Waals surface area (Å²) in [6, 6.07) is 9.85. The number of nitrogens with zero attached hydrogens (tertiary/aromatic N) is 7. The maximum Gasteiger partial charge on any atom is 0.233 e. The van der Waals surface area contributed by atoms with Gasteiger partial charge in [-0.1, -0.05) is 23.9 Å². The molecule has 0 saturated carbocycles. The van der Waals surface area contributed by atoms with E-state index in [1.165, 1.54) is 11.8 Å². The minimum atomic E-state index is 0.119. The Bertz CT molecular complexity index is 1160. The summed E-state index contributed by atoms with van der Waals surface area (Å²) >= 11 is 1.47. The molecule has 0 unspecified atom stereocenters. The highest BCUT2D eigenvalue weighted by molar-refractivity contribution is 8.00. The molecule has 34 heavy (non-hydrogen) atoms. The number of para-hydroxylation sites is 2. The molecule has 2 aromatic heterocycles. The second-order valence-corrected chi connectivity index (χ2v) is 9.51. The summed E-state index contributed by atoms with van der Waals surface area (Å²) in [4.78, 5) is 38.2. The van der Waals surface area contributed by atoms with Crippen LogP contribution in [0.1, 0.15) is 11.4 Å². The van der Waals surface area contributed by atoms with Gasteiger partial charge in [-0.05, 0) is 32.0 Å². The van der Waals surface area contributed by atoms with Gasteiger partial charge in [0.15, 0.2) is 5.82 Å². The molecule has 1 amide bonds. The smallest absolute Gasteiger partial charge is 0.233 e. The molecule has 2 aliphatic rings. The normalized spacial score (nSPS) is 16.8. The molecule has 2 aliphatic heterocycles. The van der Waals surface area contributed by atoms with Crippen molar-refractivity contribution in [3.05, 3.63) is 41.7 Å². The Morgan fingerprint density at radius 2 is 1.53 bits per heavy atom. The number of benzene rings is 1. The number of aryl methyl sites for hydroxylation is 2. The van der Waals surface area contributed by atoms with Gasteiger partial charge >= 0.3 is 0 Å². The summed E-state index contributed by atoms with van der Waals surface area (Å²) in [5, 5.41) is 0.802. The fourth-order valence-corrected chi connectivity index (χ4v) is 5.19. The topological polar surface area (TPSA) is 87.6 Å². The molecule has 3 aromatic rings. The van der Waals surface area contributed by atoms with Crippen LogP contribution in [0.25, 0.3) is 11.0 Å². The molecule has 1 aromatic carbocycles. The molecule has 0 spiro atoms. The van der Waals surface area contributed by atoms with Crippen LogP contribution in [0, 0.1) is 13.8 Å². The molecule has 10 heteroatoms. The van der Waals surface area contributed by atoms with Crippen LogP contribution in [-0.4, -0.2) is 89.0 Å². The molecule has 9 nitrogen and oxygen atoms in total. The van der Waals surface area contributed by atoms with Crippen LogP contribution >= 0.6 is 11.8 Å². The van der Waals surface area contributed by atoms with Crippen LogP contribution in [0.5, 0.6) is 0 Å². The van der Waals surface area contributed by atoms with Gasteiger partial charge in [-0.15, -0.1) is 0 Å². The number of piperazine rings is 1. The van der Waals surface area contributed by atoms with E-state index in [1.54, 1.807) is 0 Å². The zero-order valence-corrected chi connectivity index (χ0v) is 20.4. The quantitative estimate of drug-likeness (QED) is 0.512. The van der Waals surface area contributed by atoms with Crippen LogP contribution < -0.4 is 9.80 Å². The molecule has 2 saturated heterocycles. The third-order valence-electron chi connectivity index (χ3n) is 6.05. The molecule has 2 fully saturated rings. The van der Waals surface area contributed by atoms with Crippen molar-refractivity contribution >= 4 is 40.5 Å². The van der Waals surface area contributed by atoms with Gasteiger partial charge in [0.25, 0.3) is 0 Å². The Kier molecular flexibility index (Phi) is 6.77. The molecule has 0 N–H and O–H groups in total. The van der Waals surface area contributed by atoms with E-state index in [9.17, 15) is 4.79 Å². The van der Waals surface area contributed by atoms with Crippen molar-refractivity contribution in [3.63, 3.8) is 0 Å². The lowest BCUT2D eigenvalue weighted by Gasteiger charge is -2.35. The number of anilines is 2. The summed E-state index contributed by atoms with van der Waals surface area (Å²) in [7, 11) is 0. The third kappa shape index (κ3) is 5.07. The third-order valence-corrected chi connectivity index (χ3v) is 6.99. The number of aromatic nitrogens is 4. The summed E-state index contributed by atoms with van der Waals surface area (Å²) in [6.45, 7) is 9.64. The molecule has 0 aliphatic carbocycles. The monoisotopic (exact) mass is 479 g/mol. The van der Waals surface area contributed by atoms with E-state index in [1.807, 2.05) is 49.1 Å². The van der Waals surface area contributed by atoms with Gasteiger partial charge < -0.3 is 19.4 Å². The highest BCUT2D eigenvalue weighted by Crippen LogP contribution is 2.30. The predicted molar refractivity (Wildman–Crippen MR) is 134 cm³/mol. The van der Waals surface area contributed by atoms with Gasteiger partial charge in [0.1, 0.15) is 5.03 Å². The van der Waals surface area contributed by atoms with Crippen molar-refractivity contribution in [2.75, 3.05) is 68.0 Å². The molecular formula is C24H29N7O2S. The van der Waals surface area contributed by atoms with Gasteiger partial charge in [-0.3, -0.25) is 4.79 Å². The van der Waals surface area contributed by atoms with Crippen molar-refractivity contribution < 1.29 is 9.53 Å². The van der Waals surface area contributed by atoms with E-state index in [4.69, 9.17) is 14.7 Å². The number of fused-ring (bicyclic) bond motifs is 1. The molecule has 0 atom stereocenters. The second kappa shape index (κ2) is 10.1. The first-order valence-corrected chi connectivity index (χ1v) is 12.6. The Balaban J connectivity index is 1.25. The van der Waals surface area contributed by atoms with Crippen LogP contribution in [0.15, 0.2) is 35.4 Å². The van der Waals surface area contributed by atoms with E-state index < -0.39 is 0 Å². The minimum absolute atomic E-state index is 0.119. The van der Waals surface area contributed by atoms with E-state index in [0.717, 1.165) is 65.4 Å². The number of rotatable bonds is 5. The van der Waals surface area contributed by atoms with E-state index in [2.05, 4.69) is 19.8 Å². The first-order chi connectivity index (χ1) is 16.6. The second-order valence-electron chi connectivity index (χ2n) is 8.55. The SMILES string of the molecule is Cc1cc(C)nc(N2CCN(C(=O)CSc3nc4ccccc4nc3N3CCOCC3)CC2)n1. The van der Waals surface area contributed by atoms with Crippen molar-refractivity contribution in [2.45, 2.75) is 18.9 Å². The summed E-state index contributed by atoms with van der Waals surface area (Å²) in [5.74, 6) is 2.05. The molecule has 4 heterocycles. The van der Waals surface area contributed by atoms with Crippen LogP contribution in [0.4, 0.5) is 11.8 Å². The van der Waals surface area contributed by atoms with Gasteiger partial charge in [0.05, 0.1) is 30.0 Å². The zero-order chi connectivity index (χ0) is 23.5. The standard InChI is InChI=1S/C24H29N7O2S/c1-17-15-18(2)26-24(25-17)31-9-7-29(8-10-31)21(32)16-34-23-22(30-11-13-33-14-12-30)27-19-5-3-4-6-20(19)28-23/h3-6,15H,7-14,16H2,1-2H3. The number of amides is 1. The molecular weight excluding hydrogens is 450 g/mol. The number of morpholine rings is 1. The Labute approximate surface area is 203 Å². The lowest BCUT2D eigenvalue weighted by atomic mass is 10.3. The highest BCUT2D eigenvalue weighted by atomic mass is 32.2. The van der Waals surface area contributed by atoms with Crippen molar-refractivity contribution in [2.24, 2.45) is 0 Å². The van der Waals surface area contributed by atoms with E-state index >= 15 is 0 Å². The van der Waals surface area contributed by atoms with Crippen LogP contribution in [0.2, 0.25) is 0 Å². The lowest BCUT2D eigenvalue weighted by molar-refractivity contribution is -0.128. The first kappa shape index (κ1) is 22.8. The van der Waals surface area contributed by atoms with Gasteiger partial charge in [0.2, 0.25) is 11.9 Å². The maximum atomic E-state index is 13.0.